The molecule has 2 rings (SSSR count). The third-order valence-corrected chi connectivity index (χ3v) is 2.92. The van der Waals surface area contributed by atoms with Gasteiger partial charge < -0.3 is 0 Å². The number of allylic oxidation sites excluding steroid dienone is 1. The van der Waals surface area contributed by atoms with Gasteiger partial charge in [0.2, 0.25) is 0 Å². The van der Waals surface area contributed by atoms with Crippen LogP contribution >= 0.6 is 0 Å². The van der Waals surface area contributed by atoms with Gasteiger partial charge in [-0.05, 0) is 54.7 Å². The highest BCUT2D eigenvalue weighted by Gasteiger charge is 2.12. The quantitative estimate of drug-likeness (QED) is 0.748. The maximum absolute atomic E-state index is 13.2. The van der Waals surface area contributed by atoms with Crippen LogP contribution in [0.3, 0.4) is 0 Å². The Balaban J connectivity index is 2.19. The van der Waals surface area contributed by atoms with Gasteiger partial charge in [-0.25, -0.2) is 4.39 Å². The van der Waals surface area contributed by atoms with E-state index in [1.165, 1.54) is 11.6 Å². The zero-order valence-electron chi connectivity index (χ0n) is 10.6. The molecule has 0 fully saturated rings. The van der Waals surface area contributed by atoms with E-state index in [2.05, 4.69) is 24.9 Å². The molecule has 0 atom stereocenters. The second kappa shape index (κ2) is 4.82. The average Bonchev–Trinajstić information content (AvgIpc) is 2.69. The Morgan fingerprint density at radius 2 is 2.12 bits per heavy atom. The number of nitrogens with zero attached hydrogens (tertiary/aromatic N) is 1. The summed E-state index contributed by atoms with van der Waals surface area (Å²) in [7, 11) is 0. The molecule has 0 aliphatic carbocycles. The Morgan fingerprint density at radius 1 is 1.35 bits per heavy atom. The summed E-state index contributed by atoms with van der Waals surface area (Å²) >= 11 is 0. The van der Waals surface area contributed by atoms with Crippen molar-refractivity contribution >= 4 is 5.71 Å². The molecule has 0 radical (unpaired) electrons. The molecule has 0 unspecified atom stereocenters. The second-order valence-electron chi connectivity index (χ2n) is 5.07. The van der Waals surface area contributed by atoms with Crippen LogP contribution in [0.2, 0.25) is 0 Å². The number of hydrogen-bond acceptors (Lipinski definition) is 1. The van der Waals surface area contributed by atoms with Gasteiger partial charge in [-0.1, -0.05) is 13.8 Å². The molecule has 0 aromatic heterocycles. The minimum atomic E-state index is -0.154. The molecule has 1 aliphatic rings. The standard InChI is InChI=1S/C15H18FN/c1-10(2)6-12-8-15(17-9-12)13-4-5-14(16)11(3)7-13/h4-5,7-8,10H,6,9H2,1-3H3. The molecule has 1 heterocycles. The summed E-state index contributed by atoms with van der Waals surface area (Å²) in [5.74, 6) is 0.504. The van der Waals surface area contributed by atoms with Crippen LogP contribution in [-0.4, -0.2) is 12.3 Å². The molecule has 90 valence electrons. The topological polar surface area (TPSA) is 12.4 Å². The third kappa shape index (κ3) is 2.82. The number of benzene rings is 1. The van der Waals surface area contributed by atoms with E-state index < -0.39 is 0 Å². The fourth-order valence-corrected chi connectivity index (χ4v) is 2.10. The zero-order valence-corrected chi connectivity index (χ0v) is 10.6. The lowest BCUT2D eigenvalue weighted by atomic mass is 10.0. The van der Waals surface area contributed by atoms with Gasteiger partial charge in [0.25, 0.3) is 0 Å². The van der Waals surface area contributed by atoms with E-state index in [-0.39, 0.29) is 5.82 Å². The zero-order chi connectivity index (χ0) is 12.4. The Labute approximate surface area is 102 Å². The molecule has 0 saturated carbocycles. The molecule has 1 aromatic rings. The lowest BCUT2D eigenvalue weighted by Gasteiger charge is -2.03. The van der Waals surface area contributed by atoms with Crippen molar-refractivity contribution in [1.29, 1.82) is 0 Å². The highest BCUT2D eigenvalue weighted by Crippen LogP contribution is 2.19. The van der Waals surface area contributed by atoms with E-state index in [0.29, 0.717) is 11.5 Å². The number of aryl methyl sites for hydroxylation is 1. The molecule has 17 heavy (non-hydrogen) atoms. The lowest BCUT2D eigenvalue weighted by molar-refractivity contribution is 0.618. The number of halogens is 1. The van der Waals surface area contributed by atoms with E-state index in [1.807, 2.05) is 6.07 Å². The molecule has 2 heteroatoms. The van der Waals surface area contributed by atoms with Gasteiger partial charge in [0.1, 0.15) is 5.82 Å². The average molecular weight is 231 g/mol. The van der Waals surface area contributed by atoms with Crippen LogP contribution in [0.1, 0.15) is 31.4 Å². The number of rotatable bonds is 3. The van der Waals surface area contributed by atoms with Crippen molar-refractivity contribution in [1.82, 2.24) is 0 Å². The van der Waals surface area contributed by atoms with E-state index >= 15 is 0 Å². The highest BCUT2D eigenvalue weighted by molar-refractivity contribution is 6.10. The van der Waals surface area contributed by atoms with Crippen LogP contribution in [0.5, 0.6) is 0 Å². The fourth-order valence-electron chi connectivity index (χ4n) is 2.10. The first kappa shape index (κ1) is 12.0. The number of hydrogen-bond donors (Lipinski definition) is 0. The van der Waals surface area contributed by atoms with Crippen LogP contribution in [0, 0.1) is 18.7 Å². The summed E-state index contributed by atoms with van der Waals surface area (Å²) < 4.78 is 13.2. The van der Waals surface area contributed by atoms with E-state index in [9.17, 15) is 4.39 Å². The van der Waals surface area contributed by atoms with Gasteiger partial charge in [0.05, 0.1) is 12.3 Å². The SMILES string of the molecule is Cc1cc(C2=NCC(CC(C)C)=C2)ccc1F. The van der Waals surface area contributed by atoms with Gasteiger partial charge in [-0.3, -0.25) is 4.99 Å². The first-order valence-electron chi connectivity index (χ1n) is 6.06. The smallest absolute Gasteiger partial charge is 0.126 e. The Bertz CT molecular complexity index is 484. The van der Waals surface area contributed by atoms with Gasteiger partial charge in [-0.15, -0.1) is 0 Å². The van der Waals surface area contributed by atoms with Crippen molar-refractivity contribution < 1.29 is 4.39 Å². The Morgan fingerprint density at radius 3 is 2.76 bits per heavy atom. The van der Waals surface area contributed by atoms with Gasteiger partial charge >= 0.3 is 0 Å². The maximum atomic E-state index is 13.2. The summed E-state index contributed by atoms with van der Waals surface area (Å²) in [6, 6.07) is 5.18. The molecular formula is C15H18FN. The van der Waals surface area contributed by atoms with Crippen molar-refractivity contribution in [2.45, 2.75) is 27.2 Å². The van der Waals surface area contributed by atoms with Gasteiger partial charge in [0.15, 0.2) is 0 Å². The monoisotopic (exact) mass is 231 g/mol. The third-order valence-electron chi connectivity index (χ3n) is 2.92. The Hall–Kier alpha value is -1.44. The van der Waals surface area contributed by atoms with E-state index in [0.717, 1.165) is 24.2 Å². The predicted molar refractivity (Wildman–Crippen MR) is 70.1 cm³/mol. The van der Waals surface area contributed by atoms with Gasteiger partial charge in [-0.2, -0.15) is 0 Å². The number of aliphatic imine (C=N–C) groups is 1. The van der Waals surface area contributed by atoms with Crippen molar-refractivity contribution in [3.8, 4) is 0 Å². The van der Waals surface area contributed by atoms with Crippen LogP contribution in [0.25, 0.3) is 0 Å². The van der Waals surface area contributed by atoms with E-state index in [4.69, 9.17) is 0 Å². The van der Waals surface area contributed by atoms with Crippen molar-refractivity contribution in [2.24, 2.45) is 10.9 Å². The summed E-state index contributed by atoms with van der Waals surface area (Å²) in [5, 5.41) is 0. The first-order valence-corrected chi connectivity index (χ1v) is 6.06. The Kier molecular flexibility index (Phi) is 3.41. The molecule has 0 spiro atoms. The lowest BCUT2D eigenvalue weighted by Crippen LogP contribution is -1.96. The van der Waals surface area contributed by atoms with E-state index in [1.54, 1.807) is 13.0 Å². The van der Waals surface area contributed by atoms with Crippen LogP contribution < -0.4 is 0 Å². The van der Waals surface area contributed by atoms with Crippen LogP contribution in [0.4, 0.5) is 4.39 Å². The summed E-state index contributed by atoms with van der Waals surface area (Å²) in [5.41, 5.74) is 4.05. The van der Waals surface area contributed by atoms with Gasteiger partial charge in [0, 0.05) is 5.56 Å². The molecule has 1 nitrogen and oxygen atoms in total. The molecule has 0 saturated heterocycles. The highest BCUT2D eigenvalue weighted by atomic mass is 19.1. The normalized spacial score (nSPS) is 15.1. The molecule has 0 bridgehead atoms. The van der Waals surface area contributed by atoms with Crippen molar-refractivity contribution in [3.05, 3.63) is 46.8 Å². The summed E-state index contributed by atoms with van der Waals surface area (Å²) in [6.07, 6.45) is 3.24. The minimum absolute atomic E-state index is 0.154. The van der Waals surface area contributed by atoms with Crippen molar-refractivity contribution in [3.63, 3.8) is 0 Å². The predicted octanol–water partition coefficient (Wildman–Crippen LogP) is 3.91. The summed E-state index contributed by atoms with van der Waals surface area (Å²) in [4.78, 5) is 4.51. The minimum Gasteiger partial charge on any atom is -0.280 e. The molecule has 0 N–H and O–H groups in total. The second-order valence-corrected chi connectivity index (χ2v) is 5.07. The van der Waals surface area contributed by atoms with Crippen LogP contribution in [-0.2, 0) is 0 Å². The van der Waals surface area contributed by atoms with Crippen molar-refractivity contribution in [2.75, 3.05) is 6.54 Å². The fraction of sp³-hybridized carbons (Fsp3) is 0.400. The van der Waals surface area contributed by atoms with Crippen LogP contribution in [0.15, 0.2) is 34.8 Å². The summed E-state index contributed by atoms with van der Waals surface area (Å²) in [6.45, 7) is 7.00. The first-order chi connectivity index (χ1) is 8.06. The largest absolute Gasteiger partial charge is 0.280 e. The molecule has 0 amide bonds. The molecule has 1 aromatic carbocycles. The molecule has 1 aliphatic heterocycles. The molecular weight excluding hydrogens is 213 g/mol. The maximum Gasteiger partial charge on any atom is 0.126 e.